The summed E-state index contributed by atoms with van der Waals surface area (Å²) in [6.07, 6.45) is 6.22. The van der Waals surface area contributed by atoms with E-state index >= 15 is 0 Å². The number of imidazole rings is 1. The van der Waals surface area contributed by atoms with Crippen LogP contribution in [-0.2, 0) is 13.0 Å². The van der Waals surface area contributed by atoms with Crippen molar-refractivity contribution in [3.05, 3.63) is 52.5 Å². The maximum atomic E-state index is 4.44. The first-order valence-electron chi connectivity index (χ1n) is 6.73. The third-order valence-electron chi connectivity index (χ3n) is 2.95. The van der Waals surface area contributed by atoms with Crippen molar-refractivity contribution in [3.8, 4) is 0 Å². The molecule has 102 valence electrons. The van der Waals surface area contributed by atoms with Crippen LogP contribution in [0.2, 0.25) is 0 Å². The smallest absolute Gasteiger partial charge is 0.0952 e. The van der Waals surface area contributed by atoms with E-state index in [2.05, 4.69) is 68.2 Å². The van der Waals surface area contributed by atoms with E-state index in [1.807, 2.05) is 6.33 Å². The van der Waals surface area contributed by atoms with Gasteiger partial charge in [-0.3, -0.25) is 0 Å². The molecule has 0 aliphatic carbocycles. The maximum Gasteiger partial charge on any atom is 0.0952 e. The Balaban J connectivity index is 1.85. The summed E-state index contributed by atoms with van der Waals surface area (Å²) < 4.78 is 3.25. The van der Waals surface area contributed by atoms with E-state index in [4.69, 9.17) is 0 Å². The minimum absolute atomic E-state index is 0.878. The molecule has 0 amide bonds. The zero-order valence-electron chi connectivity index (χ0n) is 11.3. The first-order valence-corrected chi connectivity index (χ1v) is 7.53. The molecule has 1 aromatic heterocycles. The highest BCUT2D eigenvalue weighted by Gasteiger charge is 2.00. The molecule has 0 spiro atoms. The molecule has 0 radical (unpaired) electrons. The van der Waals surface area contributed by atoms with Crippen molar-refractivity contribution >= 4 is 15.9 Å². The van der Waals surface area contributed by atoms with Crippen LogP contribution < -0.4 is 5.32 Å². The Morgan fingerprint density at radius 3 is 2.74 bits per heavy atom. The van der Waals surface area contributed by atoms with E-state index in [9.17, 15) is 0 Å². The third kappa shape index (κ3) is 4.80. The minimum Gasteiger partial charge on any atom is -0.333 e. The molecular weight excluding hydrogens is 302 g/mol. The van der Waals surface area contributed by atoms with Gasteiger partial charge in [0.1, 0.15) is 0 Å². The molecule has 1 heterocycles. The van der Waals surface area contributed by atoms with E-state index in [1.165, 1.54) is 12.0 Å². The molecule has 0 fully saturated rings. The molecule has 0 atom stereocenters. The van der Waals surface area contributed by atoms with Gasteiger partial charge < -0.3 is 9.88 Å². The molecule has 1 aromatic carbocycles. The Hall–Kier alpha value is -1.13. The number of hydrogen-bond donors (Lipinski definition) is 1. The SMILES string of the molecule is CCCNCCc1cn(Cc2ccc(Br)cc2)cn1. The van der Waals surface area contributed by atoms with Crippen LogP contribution in [0.15, 0.2) is 41.3 Å². The quantitative estimate of drug-likeness (QED) is 0.793. The molecule has 19 heavy (non-hydrogen) atoms. The van der Waals surface area contributed by atoms with Crippen LogP contribution in [-0.4, -0.2) is 22.6 Å². The van der Waals surface area contributed by atoms with Gasteiger partial charge in [-0.25, -0.2) is 4.98 Å². The van der Waals surface area contributed by atoms with Gasteiger partial charge in [-0.2, -0.15) is 0 Å². The molecule has 2 rings (SSSR count). The molecule has 0 bridgehead atoms. The average Bonchev–Trinajstić information content (AvgIpc) is 2.85. The summed E-state index contributed by atoms with van der Waals surface area (Å²) in [5.41, 5.74) is 2.44. The van der Waals surface area contributed by atoms with Crippen molar-refractivity contribution in [1.82, 2.24) is 14.9 Å². The van der Waals surface area contributed by atoms with Gasteiger partial charge in [0.2, 0.25) is 0 Å². The molecule has 1 N–H and O–H groups in total. The molecule has 0 aliphatic heterocycles. The van der Waals surface area contributed by atoms with Crippen molar-refractivity contribution in [1.29, 1.82) is 0 Å². The van der Waals surface area contributed by atoms with Crippen LogP contribution in [0.25, 0.3) is 0 Å². The van der Waals surface area contributed by atoms with E-state index in [-0.39, 0.29) is 0 Å². The van der Waals surface area contributed by atoms with Crippen molar-refractivity contribution < 1.29 is 0 Å². The number of halogens is 1. The molecule has 2 aromatic rings. The number of nitrogens with one attached hydrogen (secondary N) is 1. The predicted molar refractivity (Wildman–Crippen MR) is 82.3 cm³/mol. The van der Waals surface area contributed by atoms with Crippen molar-refractivity contribution in [2.75, 3.05) is 13.1 Å². The van der Waals surface area contributed by atoms with E-state index in [1.54, 1.807) is 0 Å². The summed E-state index contributed by atoms with van der Waals surface area (Å²) in [6.45, 7) is 5.14. The first kappa shape index (κ1) is 14.3. The lowest BCUT2D eigenvalue weighted by Gasteiger charge is -2.02. The maximum absolute atomic E-state index is 4.44. The molecule has 0 unspecified atom stereocenters. The summed E-state index contributed by atoms with van der Waals surface area (Å²) in [7, 11) is 0. The van der Waals surface area contributed by atoms with E-state index in [0.717, 1.165) is 36.2 Å². The van der Waals surface area contributed by atoms with E-state index in [0.29, 0.717) is 0 Å². The normalized spacial score (nSPS) is 10.8. The summed E-state index contributed by atoms with van der Waals surface area (Å²) in [4.78, 5) is 4.44. The second kappa shape index (κ2) is 7.46. The Morgan fingerprint density at radius 1 is 1.21 bits per heavy atom. The standard InChI is InChI=1S/C15H20BrN3/c1-2-8-17-9-7-15-11-19(12-18-15)10-13-3-5-14(16)6-4-13/h3-6,11-12,17H,2,7-10H2,1H3. The fourth-order valence-electron chi connectivity index (χ4n) is 1.94. The van der Waals surface area contributed by atoms with Gasteiger partial charge in [-0.1, -0.05) is 35.0 Å². The van der Waals surface area contributed by atoms with Gasteiger partial charge in [-0.15, -0.1) is 0 Å². The zero-order valence-corrected chi connectivity index (χ0v) is 12.9. The highest BCUT2D eigenvalue weighted by atomic mass is 79.9. The molecule has 0 saturated heterocycles. The third-order valence-corrected chi connectivity index (χ3v) is 3.48. The Kier molecular flexibility index (Phi) is 5.61. The molecule has 0 aliphatic rings. The van der Waals surface area contributed by atoms with Gasteiger partial charge in [0.05, 0.1) is 12.0 Å². The molecular formula is C15H20BrN3. The van der Waals surface area contributed by atoms with E-state index < -0.39 is 0 Å². The van der Waals surface area contributed by atoms with Crippen molar-refractivity contribution in [2.45, 2.75) is 26.3 Å². The Bertz CT molecular complexity index is 490. The van der Waals surface area contributed by atoms with Gasteiger partial charge in [-0.05, 0) is 30.7 Å². The van der Waals surface area contributed by atoms with Crippen LogP contribution >= 0.6 is 15.9 Å². The summed E-state index contributed by atoms with van der Waals surface area (Å²) in [6, 6.07) is 8.41. The van der Waals surface area contributed by atoms with Gasteiger partial charge >= 0.3 is 0 Å². The summed E-state index contributed by atoms with van der Waals surface area (Å²) >= 11 is 3.45. The lowest BCUT2D eigenvalue weighted by Crippen LogP contribution is -2.17. The highest BCUT2D eigenvalue weighted by molar-refractivity contribution is 9.10. The summed E-state index contributed by atoms with van der Waals surface area (Å²) in [5, 5.41) is 3.39. The zero-order chi connectivity index (χ0) is 13.5. The van der Waals surface area contributed by atoms with Gasteiger partial charge in [0, 0.05) is 30.2 Å². The van der Waals surface area contributed by atoms with Crippen LogP contribution in [0, 0.1) is 0 Å². The van der Waals surface area contributed by atoms with Crippen molar-refractivity contribution in [3.63, 3.8) is 0 Å². The number of hydrogen-bond acceptors (Lipinski definition) is 2. The number of nitrogens with zero attached hydrogens (tertiary/aromatic N) is 2. The fraction of sp³-hybridized carbons (Fsp3) is 0.400. The average molecular weight is 322 g/mol. The van der Waals surface area contributed by atoms with Crippen LogP contribution in [0.3, 0.4) is 0 Å². The van der Waals surface area contributed by atoms with Crippen LogP contribution in [0.1, 0.15) is 24.6 Å². The second-order valence-electron chi connectivity index (χ2n) is 4.66. The highest BCUT2D eigenvalue weighted by Crippen LogP contribution is 2.11. The summed E-state index contributed by atoms with van der Waals surface area (Å²) in [5.74, 6) is 0. The second-order valence-corrected chi connectivity index (χ2v) is 5.58. The monoisotopic (exact) mass is 321 g/mol. The number of rotatable bonds is 7. The topological polar surface area (TPSA) is 29.9 Å². The fourth-order valence-corrected chi connectivity index (χ4v) is 2.21. The van der Waals surface area contributed by atoms with Gasteiger partial charge in [0.25, 0.3) is 0 Å². The number of benzene rings is 1. The van der Waals surface area contributed by atoms with Crippen LogP contribution in [0.5, 0.6) is 0 Å². The molecule has 4 heteroatoms. The minimum atomic E-state index is 0.878. The van der Waals surface area contributed by atoms with Gasteiger partial charge in [0.15, 0.2) is 0 Å². The first-order chi connectivity index (χ1) is 9.28. The lowest BCUT2D eigenvalue weighted by atomic mass is 10.2. The Morgan fingerprint density at radius 2 is 2.00 bits per heavy atom. The Labute approximate surface area is 123 Å². The predicted octanol–water partition coefficient (Wildman–Crippen LogP) is 3.24. The number of aromatic nitrogens is 2. The van der Waals surface area contributed by atoms with Crippen molar-refractivity contribution in [2.24, 2.45) is 0 Å². The lowest BCUT2D eigenvalue weighted by molar-refractivity contribution is 0.666. The van der Waals surface area contributed by atoms with Crippen LogP contribution in [0.4, 0.5) is 0 Å². The molecule has 0 saturated carbocycles. The molecule has 3 nitrogen and oxygen atoms in total. The largest absolute Gasteiger partial charge is 0.333 e.